The summed E-state index contributed by atoms with van der Waals surface area (Å²) in [6.45, 7) is 1.25. The highest BCUT2D eigenvalue weighted by atomic mass is 16.5. The van der Waals surface area contributed by atoms with Crippen molar-refractivity contribution in [3.8, 4) is 5.75 Å². The lowest BCUT2D eigenvalue weighted by Gasteiger charge is -2.29. The van der Waals surface area contributed by atoms with Gasteiger partial charge >= 0.3 is 0 Å². The maximum Gasteiger partial charge on any atom is 0.246 e. The zero-order chi connectivity index (χ0) is 14.7. The molecule has 1 aliphatic rings. The van der Waals surface area contributed by atoms with Gasteiger partial charge < -0.3 is 19.7 Å². The second-order valence-corrected chi connectivity index (χ2v) is 5.27. The number of aromatic nitrogens is 2. The number of benzene rings is 1. The average Bonchev–Trinajstić information content (AvgIpc) is 2.98. The topological polar surface area (TPSA) is 83.4 Å². The Hall–Kier alpha value is -1.92. The van der Waals surface area contributed by atoms with Crippen LogP contribution in [0.5, 0.6) is 5.75 Å². The first-order valence-corrected chi connectivity index (χ1v) is 7.03. The Balaban J connectivity index is 1.79. The minimum Gasteiger partial charge on any atom is -0.496 e. The molecule has 2 heterocycles. The van der Waals surface area contributed by atoms with E-state index in [1.807, 2.05) is 24.3 Å². The first-order valence-electron chi connectivity index (χ1n) is 7.03. The van der Waals surface area contributed by atoms with E-state index in [0.717, 1.165) is 11.3 Å². The molecule has 1 aromatic heterocycles. The molecule has 0 bridgehead atoms. The summed E-state index contributed by atoms with van der Waals surface area (Å²) in [4.78, 5) is 4.46. The first kappa shape index (κ1) is 14.0. The molecule has 0 unspecified atom stereocenters. The van der Waals surface area contributed by atoms with E-state index in [0.29, 0.717) is 44.2 Å². The second-order valence-electron chi connectivity index (χ2n) is 5.27. The molecule has 112 valence electrons. The first-order chi connectivity index (χ1) is 10.2. The number of ether oxygens (including phenoxy) is 2. The van der Waals surface area contributed by atoms with E-state index < -0.39 is 5.54 Å². The summed E-state index contributed by atoms with van der Waals surface area (Å²) < 4.78 is 16.0. The number of methoxy groups -OCH3 is 1. The molecule has 1 aromatic carbocycles. The van der Waals surface area contributed by atoms with Crippen LogP contribution in [0.25, 0.3) is 0 Å². The molecule has 6 nitrogen and oxygen atoms in total. The van der Waals surface area contributed by atoms with Gasteiger partial charge in [-0.15, -0.1) is 0 Å². The lowest BCUT2D eigenvalue weighted by Crippen LogP contribution is -2.42. The van der Waals surface area contributed by atoms with Gasteiger partial charge in [0.1, 0.15) is 11.3 Å². The summed E-state index contributed by atoms with van der Waals surface area (Å²) in [6.07, 6.45) is 1.95. The van der Waals surface area contributed by atoms with E-state index in [4.69, 9.17) is 19.7 Å². The van der Waals surface area contributed by atoms with E-state index in [2.05, 4.69) is 10.1 Å². The molecule has 2 N–H and O–H groups in total. The van der Waals surface area contributed by atoms with Gasteiger partial charge in [-0.25, -0.2) is 0 Å². The molecule has 0 saturated carbocycles. The zero-order valence-electron chi connectivity index (χ0n) is 12.0. The van der Waals surface area contributed by atoms with Crippen molar-refractivity contribution in [3.05, 3.63) is 41.5 Å². The lowest BCUT2D eigenvalue weighted by atomic mass is 9.91. The summed E-state index contributed by atoms with van der Waals surface area (Å²) in [7, 11) is 1.65. The molecule has 0 atom stereocenters. The summed E-state index contributed by atoms with van der Waals surface area (Å²) in [5.41, 5.74) is 6.80. The van der Waals surface area contributed by atoms with Crippen molar-refractivity contribution in [3.63, 3.8) is 0 Å². The van der Waals surface area contributed by atoms with Gasteiger partial charge in [0.15, 0.2) is 5.82 Å². The Kier molecular flexibility index (Phi) is 3.90. The van der Waals surface area contributed by atoms with Crippen LogP contribution in [0.4, 0.5) is 0 Å². The van der Waals surface area contributed by atoms with E-state index in [-0.39, 0.29) is 0 Å². The number of para-hydroxylation sites is 1. The highest BCUT2D eigenvalue weighted by Gasteiger charge is 2.35. The Morgan fingerprint density at radius 1 is 1.29 bits per heavy atom. The van der Waals surface area contributed by atoms with Gasteiger partial charge in [0, 0.05) is 25.2 Å². The maximum absolute atomic E-state index is 6.34. The molecule has 3 rings (SSSR count). The minimum atomic E-state index is -0.565. The highest BCUT2D eigenvalue weighted by Crippen LogP contribution is 2.28. The van der Waals surface area contributed by atoms with Crippen molar-refractivity contribution in [1.29, 1.82) is 0 Å². The van der Waals surface area contributed by atoms with Gasteiger partial charge in [-0.1, -0.05) is 23.4 Å². The molecule has 1 saturated heterocycles. The molecule has 1 aliphatic heterocycles. The molecule has 0 aliphatic carbocycles. The van der Waals surface area contributed by atoms with E-state index >= 15 is 0 Å². The van der Waals surface area contributed by atoms with Crippen LogP contribution in [-0.4, -0.2) is 30.5 Å². The van der Waals surface area contributed by atoms with Crippen molar-refractivity contribution in [2.24, 2.45) is 5.73 Å². The molecule has 2 aromatic rings. The molecule has 21 heavy (non-hydrogen) atoms. The Labute approximate surface area is 123 Å². The van der Waals surface area contributed by atoms with Crippen LogP contribution < -0.4 is 10.5 Å². The fourth-order valence-electron chi connectivity index (χ4n) is 2.50. The van der Waals surface area contributed by atoms with Crippen LogP contribution in [0.15, 0.2) is 28.8 Å². The van der Waals surface area contributed by atoms with Gasteiger partial charge in [0.25, 0.3) is 0 Å². The molecule has 0 amide bonds. The Morgan fingerprint density at radius 2 is 2.05 bits per heavy atom. The van der Waals surface area contributed by atoms with Crippen molar-refractivity contribution in [2.45, 2.75) is 24.8 Å². The standard InChI is InChI=1S/C15H19N3O3/c1-19-12-5-3-2-4-11(12)10-13-17-14(21-18-13)15(16)6-8-20-9-7-15/h2-5H,6-10,16H2,1H3. The van der Waals surface area contributed by atoms with Crippen LogP contribution in [0.3, 0.4) is 0 Å². The number of hydrogen-bond acceptors (Lipinski definition) is 6. The van der Waals surface area contributed by atoms with Crippen LogP contribution in [0.2, 0.25) is 0 Å². The summed E-state index contributed by atoms with van der Waals surface area (Å²) in [5, 5.41) is 4.04. The predicted molar refractivity (Wildman–Crippen MR) is 76.0 cm³/mol. The highest BCUT2D eigenvalue weighted by molar-refractivity contribution is 5.35. The molecular weight excluding hydrogens is 270 g/mol. The number of rotatable bonds is 4. The van der Waals surface area contributed by atoms with Crippen molar-refractivity contribution < 1.29 is 14.0 Å². The average molecular weight is 289 g/mol. The lowest BCUT2D eigenvalue weighted by molar-refractivity contribution is 0.0400. The van der Waals surface area contributed by atoms with Gasteiger partial charge in [-0.05, 0) is 18.9 Å². The van der Waals surface area contributed by atoms with Gasteiger partial charge in [-0.3, -0.25) is 0 Å². The smallest absolute Gasteiger partial charge is 0.246 e. The molecule has 1 fully saturated rings. The number of nitrogens with zero attached hydrogens (tertiary/aromatic N) is 2. The minimum absolute atomic E-state index is 0.496. The third kappa shape index (κ3) is 2.91. The quantitative estimate of drug-likeness (QED) is 0.921. The summed E-state index contributed by atoms with van der Waals surface area (Å²) in [5.74, 6) is 1.93. The molecular formula is C15H19N3O3. The Morgan fingerprint density at radius 3 is 2.81 bits per heavy atom. The van der Waals surface area contributed by atoms with Crippen LogP contribution in [-0.2, 0) is 16.7 Å². The van der Waals surface area contributed by atoms with Crippen molar-refractivity contribution >= 4 is 0 Å². The normalized spacial score (nSPS) is 17.6. The molecule has 6 heteroatoms. The molecule has 0 radical (unpaired) electrons. The number of nitrogens with two attached hydrogens (primary N) is 1. The maximum atomic E-state index is 6.34. The monoisotopic (exact) mass is 289 g/mol. The van der Waals surface area contributed by atoms with Gasteiger partial charge in [-0.2, -0.15) is 4.98 Å². The third-order valence-electron chi connectivity index (χ3n) is 3.82. The molecule has 0 spiro atoms. The summed E-state index contributed by atoms with van der Waals surface area (Å²) >= 11 is 0. The van der Waals surface area contributed by atoms with E-state index in [1.54, 1.807) is 7.11 Å². The SMILES string of the molecule is COc1ccccc1Cc1noc(C2(N)CCOCC2)n1. The van der Waals surface area contributed by atoms with Crippen LogP contribution in [0, 0.1) is 0 Å². The van der Waals surface area contributed by atoms with E-state index in [1.165, 1.54) is 0 Å². The fraction of sp³-hybridized carbons (Fsp3) is 0.467. The summed E-state index contributed by atoms with van der Waals surface area (Å²) in [6, 6.07) is 7.80. The van der Waals surface area contributed by atoms with Crippen LogP contribution >= 0.6 is 0 Å². The predicted octanol–water partition coefficient (Wildman–Crippen LogP) is 1.63. The number of hydrogen-bond donors (Lipinski definition) is 1. The van der Waals surface area contributed by atoms with Gasteiger partial charge in [0.2, 0.25) is 5.89 Å². The van der Waals surface area contributed by atoms with Crippen molar-refractivity contribution in [1.82, 2.24) is 10.1 Å². The largest absolute Gasteiger partial charge is 0.496 e. The zero-order valence-corrected chi connectivity index (χ0v) is 12.0. The Bertz CT molecular complexity index is 606. The second kappa shape index (κ2) is 5.83. The third-order valence-corrected chi connectivity index (χ3v) is 3.82. The van der Waals surface area contributed by atoms with Crippen LogP contribution in [0.1, 0.15) is 30.1 Å². The van der Waals surface area contributed by atoms with Crippen molar-refractivity contribution in [2.75, 3.05) is 20.3 Å². The van der Waals surface area contributed by atoms with E-state index in [9.17, 15) is 0 Å². The fourth-order valence-corrected chi connectivity index (χ4v) is 2.50. The van der Waals surface area contributed by atoms with Gasteiger partial charge in [0.05, 0.1) is 7.11 Å².